The number of benzene rings is 2. The van der Waals surface area contributed by atoms with Gasteiger partial charge in [0, 0.05) is 17.3 Å². The van der Waals surface area contributed by atoms with Crippen LogP contribution in [0.3, 0.4) is 0 Å². The van der Waals surface area contributed by atoms with Crippen LogP contribution in [0.1, 0.15) is 15.9 Å². The molecule has 1 aliphatic heterocycles. The van der Waals surface area contributed by atoms with E-state index in [1.807, 2.05) is 0 Å². The Balaban J connectivity index is 1.66. The van der Waals surface area contributed by atoms with Gasteiger partial charge in [-0.25, -0.2) is 5.43 Å². The Kier molecular flexibility index (Phi) is 6.97. The molecule has 1 fully saturated rings. The monoisotopic (exact) mass is 462 g/mol. The van der Waals surface area contributed by atoms with Gasteiger partial charge in [-0.3, -0.25) is 9.59 Å². The number of carbonyl (C=O) groups excluding carboxylic acids is 2. The molecule has 2 atom stereocenters. The maximum absolute atomic E-state index is 12.9. The van der Waals surface area contributed by atoms with Crippen molar-refractivity contribution in [3.63, 3.8) is 0 Å². The number of carbonyl (C=O) groups is 2. The van der Waals surface area contributed by atoms with Gasteiger partial charge < -0.3 is 15.4 Å². The third-order valence-electron chi connectivity index (χ3n) is 4.04. The zero-order valence-electron chi connectivity index (χ0n) is 15.4. The second kappa shape index (κ2) is 9.49. The molecular weight excluding hydrogens is 447 g/mol. The van der Waals surface area contributed by atoms with E-state index in [0.717, 1.165) is 24.1 Å². The van der Waals surface area contributed by atoms with Gasteiger partial charge in [-0.2, -0.15) is 26.8 Å². The van der Waals surface area contributed by atoms with Gasteiger partial charge in [0.2, 0.25) is 5.91 Å². The molecule has 31 heavy (non-hydrogen) atoms. The first kappa shape index (κ1) is 22.8. The van der Waals surface area contributed by atoms with Crippen LogP contribution in [0.15, 0.2) is 48.5 Å². The number of nitrogens with one attached hydrogen (secondary N) is 4. The van der Waals surface area contributed by atoms with Crippen LogP contribution in [0.5, 0.6) is 5.75 Å². The van der Waals surface area contributed by atoms with E-state index in [9.17, 15) is 31.5 Å². The molecule has 0 spiro atoms. The number of anilines is 1. The van der Waals surface area contributed by atoms with E-state index in [4.69, 9.17) is 0 Å². The van der Waals surface area contributed by atoms with Crippen molar-refractivity contribution in [1.29, 1.82) is 0 Å². The van der Waals surface area contributed by atoms with Gasteiger partial charge in [0.15, 0.2) is 0 Å². The summed E-state index contributed by atoms with van der Waals surface area (Å²) in [7, 11) is 0. The van der Waals surface area contributed by atoms with Gasteiger partial charge in [0.25, 0.3) is 5.91 Å². The molecule has 2 amide bonds. The average Bonchev–Trinajstić information content (AvgIpc) is 3.15. The van der Waals surface area contributed by atoms with Crippen LogP contribution in [0.2, 0.25) is 0 Å². The van der Waals surface area contributed by atoms with E-state index < -0.39 is 41.6 Å². The van der Waals surface area contributed by atoms with Crippen molar-refractivity contribution in [2.45, 2.75) is 24.2 Å². The quantitative estimate of drug-likeness (QED) is 0.390. The van der Waals surface area contributed by atoms with Crippen LogP contribution in [0, 0.1) is 0 Å². The van der Waals surface area contributed by atoms with E-state index in [1.54, 1.807) is 0 Å². The van der Waals surface area contributed by atoms with Crippen molar-refractivity contribution >= 4 is 29.4 Å². The summed E-state index contributed by atoms with van der Waals surface area (Å²) < 4.78 is 67.5. The Morgan fingerprint density at radius 2 is 1.84 bits per heavy atom. The Morgan fingerprint density at radius 3 is 2.55 bits per heavy atom. The molecule has 0 radical (unpaired) electrons. The minimum atomic E-state index is -4.60. The van der Waals surface area contributed by atoms with Crippen LogP contribution >= 0.6 is 11.9 Å². The van der Waals surface area contributed by atoms with Crippen molar-refractivity contribution in [2.75, 3.05) is 5.32 Å². The standard InChI is InChI=1S/C18H15F5N4O3S/c19-17(20)30-12-6-2-5-11(8-12)24-15(29)13-16(31-27-26-13)25-14(28)9-3-1-4-10(7-9)18(21,22)23/h1-8,13,16-17,26-27H,(H,24,29)(H,25,28). The van der Waals surface area contributed by atoms with Crippen LogP contribution in [0.4, 0.5) is 27.6 Å². The van der Waals surface area contributed by atoms with Crippen LogP contribution in [-0.4, -0.2) is 29.8 Å². The molecule has 3 rings (SSSR count). The summed E-state index contributed by atoms with van der Waals surface area (Å²) in [4.78, 5) is 27.5. The predicted octanol–water partition coefficient (Wildman–Crippen LogP) is 3.13. The highest BCUT2D eigenvalue weighted by molar-refractivity contribution is 7.98. The van der Waals surface area contributed by atoms with Crippen LogP contribution < -0.4 is 25.6 Å². The van der Waals surface area contributed by atoms with Gasteiger partial charge in [-0.1, -0.05) is 12.1 Å². The molecule has 1 saturated heterocycles. The topological polar surface area (TPSA) is 91.5 Å². The van der Waals surface area contributed by atoms with Crippen molar-refractivity contribution in [3.05, 3.63) is 59.7 Å². The number of halogens is 5. The largest absolute Gasteiger partial charge is 0.435 e. The Bertz CT molecular complexity index is 960. The number of alkyl halides is 5. The molecule has 2 aromatic carbocycles. The minimum absolute atomic E-state index is 0.158. The third kappa shape index (κ3) is 6.06. The van der Waals surface area contributed by atoms with Gasteiger partial charge in [-0.15, -0.1) is 0 Å². The summed E-state index contributed by atoms with van der Waals surface area (Å²) >= 11 is 0.934. The highest BCUT2D eigenvalue weighted by Gasteiger charge is 2.36. The number of rotatable bonds is 6. The van der Waals surface area contributed by atoms with E-state index in [-0.39, 0.29) is 17.0 Å². The highest BCUT2D eigenvalue weighted by Crippen LogP contribution is 2.29. The molecule has 2 unspecified atom stereocenters. The molecule has 4 N–H and O–H groups in total. The molecule has 7 nitrogen and oxygen atoms in total. The smallest absolute Gasteiger partial charge is 0.416 e. The van der Waals surface area contributed by atoms with E-state index in [2.05, 4.69) is 25.6 Å². The van der Waals surface area contributed by atoms with Crippen LogP contribution in [0.25, 0.3) is 0 Å². The summed E-state index contributed by atoms with van der Waals surface area (Å²) in [6, 6.07) is 8.17. The molecule has 0 aromatic heterocycles. The molecule has 0 aliphatic carbocycles. The van der Waals surface area contributed by atoms with E-state index >= 15 is 0 Å². The SMILES string of the molecule is O=C(NC1SNNC1C(=O)Nc1cccc(OC(F)F)c1)c1cccc(C(F)(F)F)c1. The Morgan fingerprint density at radius 1 is 1.10 bits per heavy atom. The summed E-state index contributed by atoms with van der Waals surface area (Å²) in [6.45, 7) is -3.03. The first-order valence-corrected chi connectivity index (χ1v) is 9.51. The third-order valence-corrected chi connectivity index (χ3v) is 4.92. The summed E-state index contributed by atoms with van der Waals surface area (Å²) in [6.07, 6.45) is -4.60. The number of hydrogen-bond acceptors (Lipinski definition) is 6. The lowest BCUT2D eigenvalue weighted by atomic mass is 10.1. The molecule has 1 aliphatic rings. The fourth-order valence-electron chi connectivity index (χ4n) is 2.64. The predicted molar refractivity (Wildman–Crippen MR) is 102 cm³/mol. The van der Waals surface area contributed by atoms with Gasteiger partial charge in [-0.05, 0) is 42.3 Å². The molecule has 0 saturated carbocycles. The number of hydrazine groups is 1. The van der Waals surface area contributed by atoms with Crippen molar-refractivity contribution in [2.24, 2.45) is 0 Å². The lowest BCUT2D eigenvalue weighted by Crippen LogP contribution is -2.50. The fraction of sp³-hybridized carbons (Fsp3) is 0.222. The maximum Gasteiger partial charge on any atom is 0.416 e. The first-order valence-electron chi connectivity index (χ1n) is 8.63. The number of hydrogen-bond donors (Lipinski definition) is 4. The zero-order valence-corrected chi connectivity index (χ0v) is 16.2. The Hall–Kier alpha value is -2.90. The lowest BCUT2D eigenvalue weighted by molar-refractivity contribution is -0.137. The number of amides is 2. The molecule has 2 aromatic rings. The van der Waals surface area contributed by atoms with Crippen LogP contribution in [-0.2, 0) is 11.0 Å². The fourth-order valence-corrected chi connectivity index (χ4v) is 3.46. The zero-order chi connectivity index (χ0) is 22.6. The van der Waals surface area contributed by atoms with E-state index in [0.29, 0.717) is 6.07 Å². The van der Waals surface area contributed by atoms with Crippen molar-refractivity contribution in [3.8, 4) is 5.75 Å². The molecule has 13 heteroatoms. The van der Waals surface area contributed by atoms with Gasteiger partial charge >= 0.3 is 12.8 Å². The first-order chi connectivity index (χ1) is 14.6. The molecular formula is C18H15F5N4O3S. The molecule has 0 bridgehead atoms. The molecule has 1 heterocycles. The maximum atomic E-state index is 12.9. The van der Waals surface area contributed by atoms with E-state index in [1.165, 1.54) is 30.3 Å². The van der Waals surface area contributed by atoms with Crippen molar-refractivity contribution < 1.29 is 36.3 Å². The molecule has 166 valence electrons. The Labute approximate surface area is 176 Å². The summed E-state index contributed by atoms with van der Waals surface area (Å²) in [5, 5.41) is 4.09. The second-order valence-electron chi connectivity index (χ2n) is 6.21. The normalized spacial score (nSPS) is 18.6. The second-order valence-corrected chi connectivity index (χ2v) is 7.16. The highest BCUT2D eigenvalue weighted by atomic mass is 32.2. The van der Waals surface area contributed by atoms with Gasteiger partial charge in [0.05, 0.1) is 5.56 Å². The summed E-state index contributed by atoms with van der Waals surface area (Å²) in [5.41, 5.74) is 1.59. The van der Waals surface area contributed by atoms with Crippen molar-refractivity contribution in [1.82, 2.24) is 15.6 Å². The van der Waals surface area contributed by atoms with Gasteiger partial charge in [0.1, 0.15) is 17.2 Å². The lowest BCUT2D eigenvalue weighted by Gasteiger charge is -2.19. The average molecular weight is 462 g/mol. The summed E-state index contributed by atoms with van der Waals surface area (Å²) in [5.74, 6) is -1.59. The minimum Gasteiger partial charge on any atom is -0.435 e. The number of ether oxygens (including phenoxy) is 1.